The monoisotopic (exact) mass is 192 g/mol. The second kappa shape index (κ2) is 4.44. The number of aryl methyl sites for hydroxylation is 1. The molecule has 0 amide bonds. The smallest absolute Gasteiger partial charge is 0.240 e. The molecule has 0 saturated heterocycles. The van der Waals surface area contributed by atoms with Crippen LogP contribution in [-0.2, 0) is 0 Å². The number of nitrogens with zero attached hydrogens (tertiary/aromatic N) is 2. The van der Waals surface area contributed by atoms with E-state index >= 15 is 0 Å². The number of aromatic nitrogens is 2. The lowest BCUT2D eigenvalue weighted by Gasteiger charge is -2.09. The van der Waals surface area contributed by atoms with E-state index in [1.807, 2.05) is 6.92 Å². The molecule has 0 aliphatic rings. The van der Waals surface area contributed by atoms with E-state index in [0.717, 1.165) is 5.69 Å². The molecule has 1 aromatic rings. The molecule has 0 aliphatic carbocycles. The van der Waals surface area contributed by atoms with E-state index in [2.05, 4.69) is 21.3 Å². The minimum absolute atomic E-state index is 0.309. The van der Waals surface area contributed by atoms with Crippen molar-refractivity contribution in [2.24, 2.45) is 5.84 Å². The Morgan fingerprint density at radius 3 is 2.93 bits per heavy atom. The fourth-order valence-electron chi connectivity index (χ4n) is 0.880. The molecule has 1 rings (SSSR count). The van der Waals surface area contributed by atoms with Crippen LogP contribution in [0.4, 0.5) is 5.95 Å². The molecule has 0 aromatic carbocycles. The molecule has 1 unspecified atom stereocenters. The van der Waals surface area contributed by atoms with Gasteiger partial charge < -0.3 is 4.74 Å². The van der Waals surface area contributed by atoms with E-state index in [0.29, 0.717) is 11.8 Å². The van der Waals surface area contributed by atoms with Crippen LogP contribution >= 0.6 is 0 Å². The number of rotatable bonds is 3. The first-order valence-electron chi connectivity index (χ1n) is 4.10. The molecule has 0 fully saturated rings. The Hall–Kier alpha value is -1.80. The maximum atomic E-state index is 5.30. The summed E-state index contributed by atoms with van der Waals surface area (Å²) in [6.45, 7) is 3.57. The van der Waals surface area contributed by atoms with Gasteiger partial charge in [-0.1, -0.05) is 5.92 Å². The van der Waals surface area contributed by atoms with Gasteiger partial charge in [-0.3, -0.25) is 5.43 Å². The summed E-state index contributed by atoms with van der Waals surface area (Å²) in [4.78, 5) is 7.98. The number of hydrogen-bond donors (Lipinski definition) is 2. The number of hydrazine groups is 1. The maximum absolute atomic E-state index is 5.30. The summed E-state index contributed by atoms with van der Waals surface area (Å²) in [5, 5.41) is 0. The van der Waals surface area contributed by atoms with Crippen molar-refractivity contribution >= 4 is 5.95 Å². The van der Waals surface area contributed by atoms with Crippen molar-refractivity contribution in [3.05, 3.63) is 11.8 Å². The summed E-state index contributed by atoms with van der Waals surface area (Å²) in [6, 6.07) is 1.69. The lowest BCUT2D eigenvalue weighted by molar-refractivity contribution is 0.267. The lowest BCUT2D eigenvalue weighted by Crippen LogP contribution is -2.14. The number of nitrogen functional groups attached to an aromatic ring is 1. The molecule has 1 heterocycles. The van der Waals surface area contributed by atoms with Crippen molar-refractivity contribution < 1.29 is 4.74 Å². The van der Waals surface area contributed by atoms with Crippen molar-refractivity contribution in [2.45, 2.75) is 20.0 Å². The van der Waals surface area contributed by atoms with E-state index < -0.39 is 0 Å². The Morgan fingerprint density at radius 1 is 1.64 bits per heavy atom. The third-order valence-corrected chi connectivity index (χ3v) is 1.49. The zero-order valence-electron chi connectivity index (χ0n) is 8.11. The van der Waals surface area contributed by atoms with Crippen molar-refractivity contribution in [3.8, 4) is 18.2 Å². The molecule has 0 aliphatic heterocycles. The number of ether oxygens (including phenoxy) is 1. The molecule has 5 nitrogen and oxygen atoms in total. The second-order valence-corrected chi connectivity index (χ2v) is 2.74. The zero-order valence-corrected chi connectivity index (χ0v) is 8.11. The predicted octanol–water partition coefficient (Wildman–Crippen LogP) is 0.471. The number of nitrogens with two attached hydrogens (primary N) is 1. The van der Waals surface area contributed by atoms with Crippen molar-refractivity contribution in [1.82, 2.24) is 9.97 Å². The summed E-state index contributed by atoms with van der Waals surface area (Å²) >= 11 is 0. The first-order valence-corrected chi connectivity index (χ1v) is 4.10. The Balaban J connectivity index is 2.87. The fraction of sp³-hybridized carbons (Fsp3) is 0.333. The third-order valence-electron chi connectivity index (χ3n) is 1.49. The van der Waals surface area contributed by atoms with Crippen LogP contribution in [0.2, 0.25) is 0 Å². The highest BCUT2D eigenvalue weighted by Crippen LogP contribution is 2.12. The van der Waals surface area contributed by atoms with Crippen LogP contribution < -0.4 is 16.0 Å². The van der Waals surface area contributed by atoms with Gasteiger partial charge in [-0.05, 0) is 13.8 Å². The van der Waals surface area contributed by atoms with Crippen LogP contribution in [0.3, 0.4) is 0 Å². The minimum Gasteiger partial charge on any atom is -0.461 e. The molecular formula is C9H12N4O. The topological polar surface area (TPSA) is 73.1 Å². The van der Waals surface area contributed by atoms with Crippen molar-refractivity contribution in [1.29, 1.82) is 0 Å². The summed E-state index contributed by atoms with van der Waals surface area (Å²) in [5.41, 5.74) is 3.10. The van der Waals surface area contributed by atoms with Gasteiger partial charge in [-0.25, -0.2) is 10.8 Å². The van der Waals surface area contributed by atoms with E-state index in [9.17, 15) is 0 Å². The van der Waals surface area contributed by atoms with Crippen LogP contribution in [0.5, 0.6) is 5.88 Å². The molecule has 1 aromatic heterocycles. The molecular weight excluding hydrogens is 180 g/mol. The summed E-state index contributed by atoms with van der Waals surface area (Å²) in [5.74, 6) is 8.34. The van der Waals surface area contributed by atoms with Crippen LogP contribution in [0.15, 0.2) is 6.07 Å². The van der Waals surface area contributed by atoms with Gasteiger partial charge in [0.1, 0.15) is 0 Å². The van der Waals surface area contributed by atoms with Crippen LogP contribution in [0.1, 0.15) is 12.6 Å². The van der Waals surface area contributed by atoms with Gasteiger partial charge in [0.15, 0.2) is 6.10 Å². The Labute approximate surface area is 82.7 Å². The number of nitrogens with one attached hydrogen (secondary N) is 1. The van der Waals surface area contributed by atoms with Gasteiger partial charge in [-0.15, -0.1) is 6.42 Å². The number of anilines is 1. The van der Waals surface area contributed by atoms with E-state index in [1.165, 1.54) is 0 Å². The van der Waals surface area contributed by atoms with Crippen molar-refractivity contribution in [3.63, 3.8) is 0 Å². The summed E-state index contributed by atoms with van der Waals surface area (Å²) < 4.78 is 5.30. The molecule has 5 heteroatoms. The van der Waals surface area contributed by atoms with Crippen LogP contribution in [-0.4, -0.2) is 16.1 Å². The lowest BCUT2D eigenvalue weighted by atomic mass is 10.4. The molecule has 0 bridgehead atoms. The molecule has 3 N–H and O–H groups in total. The average molecular weight is 192 g/mol. The van der Waals surface area contributed by atoms with Crippen LogP contribution in [0, 0.1) is 19.3 Å². The van der Waals surface area contributed by atoms with Crippen LogP contribution in [0.25, 0.3) is 0 Å². The van der Waals surface area contributed by atoms with E-state index in [1.54, 1.807) is 13.0 Å². The molecule has 0 saturated carbocycles. The summed E-state index contributed by atoms with van der Waals surface area (Å²) in [6.07, 6.45) is 4.85. The zero-order chi connectivity index (χ0) is 10.6. The third kappa shape index (κ3) is 2.61. The maximum Gasteiger partial charge on any atom is 0.240 e. The van der Waals surface area contributed by atoms with Gasteiger partial charge in [0.25, 0.3) is 0 Å². The highest BCUT2D eigenvalue weighted by atomic mass is 16.5. The van der Waals surface area contributed by atoms with Gasteiger partial charge in [0.2, 0.25) is 11.8 Å². The first kappa shape index (κ1) is 10.3. The van der Waals surface area contributed by atoms with Crippen molar-refractivity contribution in [2.75, 3.05) is 5.43 Å². The largest absolute Gasteiger partial charge is 0.461 e. The Kier molecular flexibility index (Phi) is 3.26. The number of hydrogen-bond acceptors (Lipinski definition) is 5. The highest BCUT2D eigenvalue weighted by molar-refractivity contribution is 5.29. The normalized spacial score (nSPS) is 11.6. The standard InChI is InChI=1S/C9H12N4O/c1-4-7(3)14-8-5-6(2)11-9(12-8)13-10/h1,5,7H,10H2,2-3H3,(H,11,12,13). The highest BCUT2D eigenvalue weighted by Gasteiger charge is 2.04. The number of terminal acetylenes is 1. The quantitative estimate of drug-likeness (QED) is 0.414. The first-order chi connectivity index (χ1) is 6.65. The predicted molar refractivity (Wildman–Crippen MR) is 53.5 cm³/mol. The molecule has 1 atom stereocenters. The van der Waals surface area contributed by atoms with Gasteiger partial charge >= 0.3 is 0 Å². The molecule has 74 valence electrons. The van der Waals surface area contributed by atoms with Gasteiger partial charge in [0.05, 0.1) is 0 Å². The van der Waals surface area contributed by atoms with Gasteiger partial charge in [0, 0.05) is 11.8 Å². The summed E-state index contributed by atoms with van der Waals surface area (Å²) in [7, 11) is 0. The van der Waals surface area contributed by atoms with E-state index in [4.69, 9.17) is 17.0 Å². The Morgan fingerprint density at radius 2 is 2.36 bits per heavy atom. The SMILES string of the molecule is C#CC(C)Oc1cc(C)nc(NN)n1. The van der Waals surface area contributed by atoms with E-state index in [-0.39, 0.29) is 6.10 Å². The molecule has 0 radical (unpaired) electrons. The molecule has 0 spiro atoms. The average Bonchev–Trinajstić information content (AvgIpc) is 2.16. The second-order valence-electron chi connectivity index (χ2n) is 2.74. The van der Waals surface area contributed by atoms with Gasteiger partial charge in [-0.2, -0.15) is 4.98 Å². The Bertz CT molecular complexity index is 358. The minimum atomic E-state index is -0.324. The molecule has 14 heavy (non-hydrogen) atoms. The fourth-order valence-corrected chi connectivity index (χ4v) is 0.880.